The van der Waals surface area contributed by atoms with Crippen molar-refractivity contribution in [3.63, 3.8) is 0 Å². The average molecular weight is 172 g/mol. The lowest BCUT2D eigenvalue weighted by Gasteiger charge is -2.37. The molecule has 12 heavy (non-hydrogen) atoms. The molecule has 1 N–H and O–H groups in total. The summed E-state index contributed by atoms with van der Waals surface area (Å²) in [5, 5.41) is 2.62. The third-order valence-corrected chi connectivity index (χ3v) is 2.36. The average Bonchev–Trinajstić information content (AvgIpc) is 2.08. The van der Waals surface area contributed by atoms with Crippen molar-refractivity contribution in [1.29, 1.82) is 0 Å². The van der Waals surface area contributed by atoms with Crippen LogP contribution in [0, 0.1) is 0 Å². The summed E-state index contributed by atoms with van der Waals surface area (Å²) in [5.41, 5.74) is 0. The lowest BCUT2D eigenvalue weighted by molar-refractivity contribution is -0.0373. The highest BCUT2D eigenvalue weighted by molar-refractivity contribution is 5.74. The van der Waals surface area contributed by atoms with Crippen molar-refractivity contribution in [3.05, 3.63) is 0 Å². The van der Waals surface area contributed by atoms with Crippen LogP contribution in [0.4, 0.5) is 4.79 Å². The Morgan fingerprint density at radius 3 is 2.83 bits per heavy atom. The molecule has 0 aromatic heterocycles. The Balaban J connectivity index is 2.57. The van der Waals surface area contributed by atoms with E-state index in [1.807, 2.05) is 13.8 Å². The second-order valence-electron chi connectivity index (χ2n) is 3.07. The minimum atomic E-state index is -0.0161. The summed E-state index contributed by atoms with van der Waals surface area (Å²) in [7, 11) is 1.65. The van der Waals surface area contributed by atoms with Crippen LogP contribution >= 0.6 is 0 Å². The van der Waals surface area contributed by atoms with Gasteiger partial charge < -0.3 is 15.0 Å². The topological polar surface area (TPSA) is 41.6 Å². The molecule has 1 aliphatic heterocycles. The number of hydrogen-bond donors (Lipinski definition) is 1. The van der Waals surface area contributed by atoms with E-state index in [-0.39, 0.29) is 18.2 Å². The zero-order valence-electron chi connectivity index (χ0n) is 7.83. The highest BCUT2D eigenvalue weighted by Crippen LogP contribution is 2.12. The maximum Gasteiger partial charge on any atom is 0.317 e. The van der Waals surface area contributed by atoms with Gasteiger partial charge in [-0.15, -0.1) is 0 Å². The SMILES string of the molecule is CNC(=O)N1CCOC(C)C1C. The Morgan fingerprint density at radius 2 is 2.25 bits per heavy atom. The molecule has 0 aliphatic carbocycles. The maximum absolute atomic E-state index is 11.3. The third kappa shape index (κ3) is 1.69. The molecule has 0 bridgehead atoms. The van der Waals surface area contributed by atoms with E-state index in [1.54, 1.807) is 11.9 Å². The van der Waals surface area contributed by atoms with Crippen LogP contribution in [0.1, 0.15) is 13.8 Å². The third-order valence-electron chi connectivity index (χ3n) is 2.36. The number of carbonyl (C=O) groups is 1. The number of ether oxygens (including phenoxy) is 1. The molecule has 0 aromatic carbocycles. The predicted molar refractivity (Wildman–Crippen MR) is 46.0 cm³/mol. The molecule has 1 rings (SSSR count). The van der Waals surface area contributed by atoms with Crippen molar-refractivity contribution in [3.8, 4) is 0 Å². The van der Waals surface area contributed by atoms with E-state index in [1.165, 1.54) is 0 Å². The summed E-state index contributed by atoms with van der Waals surface area (Å²) in [6, 6.07) is 0.149. The maximum atomic E-state index is 11.3. The van der Waals surface area contributed by atoms with Gasteiger partial charge in [-0.3, -0.25) is 0 Å². The number of carbonyl (C=O) groups excluding carboxylic acids is 1. The molecule has 1 saturated heterocycles. The molecule has 4 nitrogen and oxygen atoms in total. The molecule has 2 amide bonds. The summed E-state index contributed by atoms with van der Waals surface area (Å²) < 4.78 is 5.39. The van der Waals surface area contributed by atoms with Crippen molar-refractivity contribution < 1.29 is 9.53 Å². The van der Waals surface area contributed by atoms with Gasteiger partial charge >= 0.3 is 6.03 Å². The van der Waals surface area contributed by atoms with Crippen molar-refractivity contribution >= 4 is 6.03 Å². The summed E-state index contributed by atoms with van der Waals surface area (Å²) in [6.45, 7) is 5.31. The van der Waals surface area contributed by atoms with Crippen LogP contribution in [0.15, 0.2) is 0 Å². The Bertz CT molecular complexity index is 172. The van der Waals surface area contributed by atoms with E-state index in [9.17, 15) is 4.79 Å². The Hall–Kier alpha value is -0.770. The summed E-state index contributed by atoms with van der Waals surface area (Å²) in [5.74, 6) is 0. The fourth-order valence-corrected chi connectivity index (χ4v) is 1.36. The van der Waals surface area contributed by atoms with Gasteiger partial charge in [0.25, 0.3) is 0 Å². The predicted octanol–water partition coefficient (Wildman–Crippen LogP) is 0.435. The largest absolute Gasteiger partial charge is 0.375 e. The zero-order valence-corrected chi connectivity index (χ0v) is 7.83. The first-order valence-electron chi connectivity index (χ1n) is 4.26. The first-order chi connectivity index (χ1) is 5.66. The smallest absolute Gasteiger partial charge is 0.317 e. The van der Waals surface area contributed by atoms with Gasteiger partial charge in [-0.05, 0) is 13.8 Å². The Kier molecular flexibility index (Phi) is 2.92. The van der Waals surface area contributed by atoms with E-state index in [0.717, 1.165) is 0 Å². The van der Waals surface area contributed by atoms with Crippen LogP contribution in [-0.4, -0.2) is 43.3 Å². The Labute approximate surface area is 72.9 Å². The van der Waals surface area contributed by atoms with Crippen molar-refractivity contribution in [2.45, 2.75) is 26.0 Å². The van der Waals surface area contributed by atoms with Crippen molar-refractivity contribution in [2.24, 2.45) is 0 Å². The molecule has 4 heteroatoms. The molecule has 0 radical (unpaired) electrons. The van der Waals surface area contributed by atoms with Crippen molar-refractivity contribution in [2.75, 3.05) is 20.2 Å². The van der Waals surface area contributed by atoms with Crippen molar-refractivity contribution in [1.82, 2.24) is 10.2 Å². The fourth-order valence-electron chi connectivity index (χ4n) is 1.36. The molecule has 0 spiro atoms. The van der Waals surface area contributed by atoms with E-state index in [0.29, 0.717) is 13.2 Å². The molecular formula is C8H16N2O2. The molecule has 70 valence electrons. The molecule has 1 aliphatic rings. The second-order valence-corrected chi connectivity index (χ2v) is 3.07. The quantitative estimate of drug-likeness (QED) is 0.576. The van der Waals surface area contributed by atoms with Gasteiger partial charge in [-0.2, -0.15) is 0 Å². The lowest BCUT2D eigenvalue weighted by Crippen LogP contribution is -2.53. The minimum Gasteiger partial charge on any atom is -0.375 e. The molecule has 1 heterocycles. The zero-order chi connectivity index (χ0) is 9.14. The van der Waals surface area contributed by atoms with Crippen LogP contribution < -0.4 is 5.32 Å². The van der Waals surface area contributed by atoms with E-state index >= 15 is 0 Å². The normalized spacial score (nSPS) is 30.1. The standard InChI is InChI=1S/C8H16N2O2/c1-6-7(2)12-5-4-10(6)8(11)9-3/h6-7H,4-5H2,1-3H3,(H,9,11). The lowest BCUT2D eigenvalue weighted by atomic mass is 10.1. The number of nitrogens with one attached hydrogen (secondary N) is 1. The molecule has 2 atom stereocenters. The molecule has 0 saturated carbocycles. The van der Waals surface area contributed by atoms with E-state index < -0.39 is 0 Å². The number of hydrogen-bond acceptors (Lipinski definition) is 2. The number of rotatable bonds is 0. The van der Waals surface area contributed by atoms with Gasteiger partial charge in [0.2, 0.25) is 0 Å². The molecule has 2 unspecified atom stereocenters. The first kappa shape index (κ1) is 9.32. The van der Waals surface area contributed by atoms with Gasteiger partial charge in [0.15, 0.2) is 0 Å². The highest BCUT2D eigenvalue weighted by Gasteiger charge is 2.28. The van der Waals surface area contributed by atoms with Gasteiger partial charge in [-0.1, -0.05) is 0 Å². The summed E-state index contributed by atoms with van der Waals surface area (Å²) in [6.07, 6.45) is 0.135. The van der Waals surface area contributed by atoms with Crippen LogP contribution in [0.5, 0.6) is 0 Å². The van der Waals surface area contributed by atoms with Gasteiger partial charge in [-0.25, -0.2) is 4.79 Å². The summed E-state index contributed by atoms with van der Waals surface area (Å²) >= 11 is 0. The molecule has 0 aromatic rings. The van der Waals surface area contributed by atoms with Gasteiger partial charge in [0, 0.05) is 13.6 Å². The fraction of sp³-hybridized carbons (Fsp3) is 0.875. The molecule has 1 fully saturated rings. The molecular weight excluding hydrogens is 156 g/mol. The number of amides is 2. The van der Waals surface area contributed by atoms with E-state index in [4.69, 9.17) is 4.74 Å². The Morgan fingerprint density at radius 1 is 1.58 bits per heavy atom. The van der Waals surface area contributed by atoms with Crippen LogP contribution in [0.3, 0.4) is 0 Å². The second kappa shape index (κ2) is 3.76. The monoisotopic (exact) mass is 172 g/mol. The summed E-state index contributed by atoms with van der Waals surface area (Å²) in [4.78, 5) is 13.1. The highest BCUT2D eigenvalue weighted by atomic mass is 16.5. The van der Waals surface area contributed by atoms with Gasteiger partial charge in [0.05, 0.1) is 18.8 Å². The van der Waals surface area contributed by atoms with Gasteiger partial charge in [0.1, 0.15) is 0 Å². The number of morpholine rings is 1. The van der Waals surface area contributed by atoms with Crippen LogP contribution in [0.25, 0.3) is 0 Å². The number of nitrogens with zero attached hydrogens (tertiary/aromatic N) is 1. The first-order valence-corrected chi connectivity index (χ1v) is 4.26. The van der Waals surface area contributed by atoms with E-state index in [2.05, 4.69) is 5.32 Å². The van der Waals surface area contributed by atoms with Crippen LogP contribution in [0.2, 0.25) is 0 Å². The van der Waals surface area contributed by atoms with Crippen LogP contribution in [-0.2, 0) is 4.74 Å². The minimum absolute atomic E-state index is 0.0161. The number of urea groups is 1.